The standard InChI is InChI=1S/C27H28N2O5/c1-19-7-3-5-9-23(19)33-27(26(31)32,34-24-10-6-4-8-20(24)2)22-13-17-29(18-14-22)25(30)21-11-15-28-16-12-21/h3-12,15-16,22H,13-14,17-18H2,1-2H3,(H,31,32). The molecule has 34 heavy (non-hydrogen) atoms. The van der Waals surface area contributed by atoms with Crippen LogP contribution >= 0.6 is 0 Å². The Balaban J connectivity index is 1.64. The molecule has 0 atom stereocenters. The van der Waals surface area contributed by atoms with E-state index in [1.165, 1.54) is 0 Å². The van der Waals surface area contributed by atoms with Crippen LogP contribution in [-0.4, -0.2) is 45.7 Å². The number of rotatable bonds is 7. The number of likely N-dealkylation sites (tertiary alicyclic amines) is 1. The molecule has 7 heteroatoms. The minimum atomic E-state index is -1.94. The second-order valence-electron chi connectivity index (χ2n) is 8.51. The van der Waals surface area contributed by atoms with Crippen LogP contribution in [0.5, 0.6) is 11.5 Å². The van der Waals surface area contributed by atoms with Gasteiger partial charge in [-0.1, -0.05) is 36.4 Å². The third kappa shape index (κ3) is 4.73. The molecule has 1 fully saturated rings. The lowest BCUT2D eigenvalue weighted by atomic mass is 9.87. The Labute approximate surface area is 199 Å². The summed E-state index contributed by atoms with van der Waals surface area (Å²) < 4.78 is 12.5. The number of carboxylic acid groups (broad SMARTS) is 1. The first-order valence-electron chi connectivity index (χ1n) is 11.3. The van der Waals surface area contributed by atoms with Crippen LogP contribution in [0.15, 0.2) is 73.1 Å². The van der Waals surface area contributed by atoms with Gasteiger partial charge in [0.2, 0.25) is 0 Å². The van der Waals surface area contributed by atoms with Crippen LogP contribution in [0.2, 0.25) is 0 Å². The highest BCUT2D eigenvalue weighted by Crippen LogP contribution is 2.37. The molecule has 1 amide bonds. The second-order valence-corrected chi connectivity index (χ2v) is 8.51. The normalized spacial score (nSPS) is 14.5. The lowest BCUT2D eigenvalue weighted by Crippen LogP contribution is -2.59. The van der Waals surface area contributed by atoms with Crippen LogP contribution in [0.4, 0.5) is 0 Å². The Morgan fingerprint density at radius 3 is 1.85 bits per heavy atom. The molecule has 2 aromatic carbocycles. The van der Waals surface area contributed by atoms with Crippen LogP contribution in [0.1, 0.15) is 34.3 Å². The van der Waals surface area contributed by atoms with Gasteiger partial charge in [0, 0.05) is 31.0 Å². The third-order valence-electron chi connectivity index (χ3n) is 6.26. The van der Waals surface area contributed by atoms with Crippen LogP contribution < -0.4 is 9.47 Å². The maximum absolute atomic E-state index is 12.9. The summed E-state index contributed by atoms with van der Waals surface area (Å²) in [6.45, 7) is 4.53. The number of carbonyl (C=O) groups is 2. The van der Waals surface area contributed by atoms with Crippen LogP contribution in [0.25, 0.3) is 0 Å². The number of nitrogens with zero attached hydrogens (tertiary/aromatic N) is 2. The first kappa shape index (κ1) is 23.3. The van der Waals surface area contributed by atoms with Crippen molar-refractivity contribution in [3.05, 3.63) is 89.7 Å². The zero-order valence-corrected chi connectivity index (χ0v) is 19.3. The van der Waals surface area contributed by atoms with E-state index in [4.69, 9.17) is 9.47 Å². The van der Waals surface area contributed by atoms with Gasteiger partial charge in [-0.05, 0) is 62.1 Å². The molecule has 0 saturated carbocycles. The third-order valence-corrected chi connectivity index (χ3v) is 6.26. The van der Waals surface area contributed by atoms with E-state index < -0.39 is 17.7 Å². The summed E-state index contributed by atoms with van der Waals surface area (Å²) in [6, 6.07) is 17.9. The number of hydrogen-bond donors (Lipinski definition) is 1. The predicted molar refractivity (Wildman–Crippen MR) is 127 cm³/mol. The SMILES string of the molecule is Cc1ccccc1OC(Oc1ccccc1C)(C(=O)O)C1CCN(C(=O)c2ccncc2)CC1. The van der Waals surface area contributed by atoms with Gasteiger partial charge in [-0.3, -0.25) is 9.78 Å². The number of para-hydroxylation sites is 2. The molecule has 4 rings (SSSR count). The van der Waals surface area contributed by atoms with Crippen molar-refractivity contribution in [2.24, 2.45) is 5.92 Å². The van der Waals surface area contributed by atoms with Gasteiger partial charge in [0.1, 0.15) is 11.5 Å². The average Bonchev–Trinajstić information content (AvgIpc) is 2.86. The number of amides is 1. The highest BCUT2D eigenvalue weighted by Gasteiger charge is 2.53. The van der Waals surface area contributed by atoms with Gasteiger partial charge in [-0.15, -0.1) is 0 Å². The summed E-state index contributed by atoms with van der Waals surface area (Å²) >= 11 is 0. The number of aromatic nitrogens is 1. The Morgan fingerprint density at radius 1 is 0.882 bits per heavy atom. The van der Waals surface area contributed by atoms with E-state index in [0.717, 1.165) is 11.1 Å². The zero-order chi connectivity index (χ0) is 24.1. The van der Waals surface area contributed by atoms with E-state index in [1.807, 2.05) is 38.1 Å². The van der Waals surface area contributed by atoms with Crippen molar-refractivity contribution in [2.75, 3.05) is 13.1 Å². The Bertz CT molecular complexity index is 1110. The fourth-order valence-electron chi connectivity index (χ4n) is 4.26. The van der Waals surface area contributed by atoms with Crippen molar-refractivity contribution in [3.8, 4) is 11.5 Å². The van der Waals surface area contributed by atoms with Gasteiger partial charge < -0.3 is 19.5 Å². The number of hydrogen-bond acceptors (Lipinski definition) is 5. The van der Waals surface area contributed by atoms with Crippen molar-refractivity contribution < 1.29 is 24.2 Å². The van der Waals surface area contributed by atoms with Gasteiger partial charge in [0.05, 0.1) is 5.92 Å². The lowest BCUT2D eigenvalue weighted by Gasteiger charge is -2.41. The zero-order valence-electron chi connectivity index (χ0n) is 19.3. The topological polar surface area (TPSA) is 89.0 Å². The highest BCUT2D eigenvalue weighted by molar-refractivity contribution is 5.94. The van der Waals surface area contributed by atoms with Gasteiger partial charge in [-0.2, -0.15) is 0 Å². The molecule has 7 nitrogen and oxygen atoms in total. The summed E-state index contributed by atoms with van der Waals surface area (Å²) in [5.41, 5.74) is 2.18. The minimum absolute atomic E-state index is 0.0959. The Kier molecular flexibility index (Phi) is 6.82. The van der Waals surface area contributed by atoms with Gasteiger partial charge in [0.15, 0.2) is 0 Å². The number of aliphatic carboxylic acids is 1. The molecule has 1 aromatic heterocycles. The molecular weight excluding hydrogens is 432 g/mol. The summed E-state index contributed by atoms with van der Waals surface area (Å²) in [5, 5.41) is 10.5. The lowest BCUT2D eigenvalue weighted by molar-refractivity contribution is -0.204. The van der Waals surface area contributed by atoms with E-state index in [9.17, 15) is 14.7 Å². The van der Waals surface area contributed by atoms with Gasteiger partial charge in [-0.25, -0.2) is 4.79 Å². The molecule has 0 unspecified atom stereocenters. The number of benzene rings is 2. The largest absolute Gasteiger partial charge is 0.475 e. The average molecular weight is 461 g/mol. The first-order valence-corrected chi connectivity index (χ1v) is 11.3. The Morgan fingerprint density at radius 2 is 1.38 bits per heavy atom. The molecule has 0 spiro atoms. The van der Waals surface area contributed by atoms with E-state index in [1.54, 1.807) is 53.7 Å². The van der Waals surface area contributed by atoms with E-state index in [0.29, 0.717) is 43.0 Å². The maximum Gasteiger partial charge on any atom is 0.390 e. The maximum atomic E-state index is 12.9. The number of pyridine rings is 1. The molecule has 0 radical (unpaired) electrons. The monoisotopic (exact) mass is 460 g/mol. The summed E-state index contributed by atoms with van der Waals surface area (Å²) in [5.74, 6) is -2.81. The number of aryl methyl sites for hydroxylation is 2. The number of piperidine rings is 1. The van der Waals surface area contributed by atoms with Crippen molar-refractivity contribution in [3.63, 3.8) is 0 Å². The van der Waals surface area contributed by atoms with Crippen molar-refractivity contribution >= 4 is 11.9 Å². The molecule has 176 valence electrons. The van der Waals surface area contributed by atoms with Gasteiger partial charge >= 0.3 is 11.8 Å². The smallest absolute Gasteiger partial charge is 0.390 e. The van der Waals surface area contributed by atoms with Crippen LogP contribution in [0, 0.1) is 19.8 Å². The summed E-state index contributed by atoms with van der Waals surface area (Å²) in [4.78, 5) is 31.4. The molecule has 1 saturated heterocycles. The number of carboxylic acids is 1. The quantitative estimate of drug-likeness (QED) is 0.523. The van der Waals surface area contributed by atoms with Crippen LogP contribution in [-0.2, 0) is 4.79 Å². The van der Waals surface area contributed by atoms with Crippen molar-refractivity contribution in [1.29, 1.82) is 0 Å². The molecule has 1 aliphatic rings. The molecule has 1 N–H and O–H groups in total. The molecule has 3 aromatic rings. The second kappa shape index (κ2) is 9.95. The van der Waals surface area contributed by atoms with E-state index >= 15 is 0 Å². The fourth-order valence-corrected chi connectivity index (χ4v) is 4.26. The van der Waals surface area contributed by atoms with Crippen LogP contribution in [0.3, 0.4) is 0 Å². The van der Waals surface area contributed by atoms with Crippen molar-refractivity contribution in [1.82, 2.24) is 9.88 Å². The predicted octanol–water partition coefficient (Wildman–Crippen LogP) is 4.49. The summed E-state index contributed by atoms with van der Waals surface area (Å²) in [7, 11) is 0. The van der Waals surface area contributed by atoms with E-state index in [-0.39, 0.29) is 5.91 Å². The Hall–Kier alpha value is -3.87. The number of ether oxygens (including phenoxy) is 2. The highest BCUT2D eigenvalue weighted by atomic mass is 16.7. The fraction of sp³-hybridized carbons (Fsp3) is 0.296. The molecular formula is C27H28N2O5. The number of carbonyl (C=O) groups excluding carboxylic acids is 1. The molecule has 1 aliphatic heterocycles. The molecule has 0 aliphatic carbocycles. The molecule has 2 heterocycles. The van der Waals surface area contributed by atoms with Gasteiger partial charge in [0.25, 0.3) is 5.91 Å². The summed E-state index contributed by atoms with van der Waals surface area (Å²) in [6.07, 6.45) is 4.00. The molecule has 0 bridgehead atoms. The minimum Gasteiger partial charge on any atom is -0.475 e. The van der Waals surface area contributed by atoms with Crippen molar-refractivity contribution in [2.45, 2.75) is 32.5 Å². The first-order chi connectivity index (χ1) is 16.4. The van der Waals surface area contributed by atoms with E-state index in [2.05, 4.69) is 4.98 Å².